The number of H-pyrrole nitrogens is 1. The Bertz CT molecular complexity index is 1390. The van der Waals surface area contributed by atoms with Gasteiger partial charge in [0.25, 0.3) is 8.32 Å². The number of nitrogens with zero attached hydrogens (tertiary/aromatic N) is 1. The molecule has 4 nitrogen and oxygen atoms in total. The lowest BCUT2D eigenvalue weighted by molar-refractivity contribution is -0.147. The second-order valence-electron chi connectivity index (χ2n) is 12.8. The maximum atomic E-state index is 14.0. The van der Waals surface area contributed by atoms with Crippen LogP contribution in [0.3, 0.4) is 0 Å². The highest BCUT2D eigenvalue weighted by Gasteiger charge is 2.50. The largest absolute Gasteiger partial charge is 0.407 e. The van der Waals surface area contributed by atoms with E-state index < -0.39 is 8.32 Å². The minimum absolute atomic E-state index is 0.0436. The third-order valence-electron chi connectivity index (χ3n) is 9.36. The quantitative estimate of drug-likeness (QED) is 0.156. The molecule has 0 radical (unpaired) electrons. The number of piperidine rings is 1. The Morgan fingerprint density at radius 3 is 2.20 bits per heavy atom. The van der Waals surface area contributed by atoms with Crippen LogP contribution in [0, 0.1) is 5.41 Å². The lowest BCUT2D eigenvalue weighted by Crippen LogP contribution is -2.66. The molecule has 4 aromatic rings. The van der Waals surface area contributed by atoms with Gasteiger partial charge in [0.2, 0.25) is 5.91 Å². The van der Waals surface area contributed by atoms with Crippen molar-refractivity contribution in [2.75, 3.05) is 19.7 Å². The highest BCUT2D eigenvalue weighted by molar-refractivity contribution is 6.99. The number of likely N-dealkylation sites (tertiary alicyclic amines) is 1. The molecule has 1 aliphatic heterocycles. The van der Waals surface area contributed by atoms with Crippen LogP contribution in [0.1, 0.15) is 65.4 Å². The molecule has 216 valence electrons. The number of aromatic amines is 1. The first-order valence-electron chi connectivity index (χ1n) is 15.4. The van der Waals surface area contributed by atoms with Gasteiger partial charge in [-0.3, -0.25) is 4.79 Å². The number of benzene rings is 3. The summed E-state index contributed by atoms with van der Waals surface area (Å²) in [6, 6.07) is 30.1. The van der Waals surface area contributed by atoms with Gasteiger partial charge in [-0.1, -0.05) is 107 Å². The lowest BCUT2D eigenvalue weighted by Gasteiger charge is -2.44. The average molecular weight is 567 g/mol. The van der Waals surface area contributed by atoms with Crippen molar-refractivity contribution >= 4 is 35.5 Å². The number of hydrogen-bond acceptors (Lipinski definition) is 2. The Morgan fingerprint density at radius 1 is 0.927 bits per heavy atom. The van der Waals surface area contributed by atoms with E-state index >= 15 is 0 Å². The van der Waals surface area contributed by atoms with Crippen LogP contribution in [0.2, 0.25) is 5.04 Å². The van der Waals surface area contributed by atoms with Crippen LogP contribution >= 0.6 is 0 Å². The van der Waals surface area contributed by atoms with Gasteiger partial charge < -0.3 is 14.3 Å². The molecule has 1 saturated heterocycles. The van der Waals surface area contributed by atoms with E-state index in [1.54, 1.807) is 0 Å². The van der Waals surface area contributed by atoms with Gasteiger partial charge in [0.05, 0.1) is 0 Å². The molecule has 0 aliphatic carbocycles. The second kappa shape index (κ2) is 12.4. The summed E-state index contributed by atoms with van der Waals surface area (Å²) in [7, 11) is -2.57. The molecule has 1 aromatic heterocycles. The predicted molar refractivity (Wildman–Crippen MR) is 173 cm³/mol. The SMILES string of the molecule is CC[C@@]1(CCCO[Si](c2ccccc2)(c2ccccc2)C(C)(C)C)CCCN(CCc2c[nH]c3ccccc23)C1=O. The third kappa shape index (κ3) is 5.80. The van der Waals surface area contributed by atoms with Gasteiger partial charge in [-0.05, 0) is 65.6 Å². The average Bonchev–Trinajstić information content (AvgIpc) is 3.41. The normalized spacial score (nSPS) is 18.2. The fraction of sp³-hybridized carbons (Fsp3) is 0.417. The summed E-state index contributed by atoms with van der Waals surface area (Å²) in [5, 5.41) is 3.83. The van der Waals surface area contributed by atoms with E-state index in [2.05, 4.69) is 129 Å². The highest BCUT2D eigenvalue weighted by atomic mass is 28.4. The number of aromatic nitrogens is 1. The summed E-state index contributed by atoms with van der Waals surface area (Å²) in [5.74, 6) is 0.344. The summed E-state index contributed by atoms with van der Waals surface area (Å²) in [5.41, 5.74) is 2.17. The maximum absolute atomic E-state index is 14.0. The number of fused-ring (bicyclic) bond motifs is 1. The Labute approximate surface area is 247 Å². The predicted octanol–water partition coefficient (Wildman–Crippen LogP) is 7.09. The van der Waals surface area contributed by atoms with E-state index in [4.69, 9.17) is 4.43 Å². The van der Waals surface area contributed by atoms with Crippen molar-refractivity contribution in [2.45, 2.75) is 71.3 Å². The third-order valence-corrected chi connectivity index (χ3v) is 14.4. The topological polar surface area (TPSA) is 45.3 Å². The molecular formula is C36H46N2O2Si. The Morgan fingerprint density at radius 2 is 1.56 bits per heavy atom. The van der Waals surface area contributed by atoms with Crippen molar-refractivity contribution in [3.63, 3.8) is 0 Å². The molecule has 5 heteroatoms. The number of nitrogens with one attached hydrogen (secondary N) is 1. The number of amides is 1. The van der Waals surface area contributed by atoms with Crippen LogP contribution in [0.15, 0.2) is 91.1 Å². The molecule has 0 saturated carbocycles. The van der Waals surface area contributed by atoms with Gasteiger partial charge >= 0.3 is 0 Å². The fourth-order valence-electron chi connectivity index (χ4n) is 7.09. The molecule has 0 spiro atoms. The molecule has 1 amide bonds. The maximum Gasteiger partial charge on any atom is 0.261 e. The van der Waals surface area contributed by atoms with Gasteiger partial charge in [-0.2, -0.15) is 0 Å². The van der Waals surface area contributed by atoms with Crippen molar-refractivity contribution in [1.29, 1.82) is 0 Å². The van der Waals surface area contributed by atoms with Crippen molar-refractivity contribution in [3.05, 3.63) is 96.7 Å². The van der Waals surface area contributed by atoms with E-state index in [1.807, 2.05) is 0 Å². The van der Waals surface area contributed by atoms with E-state index in [9.17, 15) is 4.79 Å². The van der Waals surface area contributed by atoms with Crippen molar-refractivity contribution < 1.29 is 9.22 Å². The van der Waals surface area contributed by atoms with Crippen LogP contribution in [-0.4, -0.2) is 43.8 Å². The number of rotatable bonds is 11. The first-order chi connectivity index (χ1) is 19.8. The highest BCUT2D eigenvalue weighted by Crippen LogP contribution is 2.40. The molecule has 0 unspecified atom stereocenters. The van der Waals surface area contributed by atoms with Gasteiger partial charge in [0.1, 0.15) is 0 Å². The van der Waals surface area contributed by atoms with Gasteiger partial charge in [-0.25, -0.2) is 0 Å². The summed E-state index contributed by atoms with van der Waals surface area (Å²) in [4.78, 5) is 19.5. The van der Waals surface area contributed by atoms with Crippen LogP contribution in [-0.2, 0) is 15.6 Å². The fourth-order valence-corrected chi connectivity index (χ4v) is 11.7. The number of carbonyl (C=O) groups excluding carboxylic acids is 1. The standard InChI is InChI=1S/C36H46N2O2Si/c1-5-36(23-14-25-38(34(36)39)26-22-29-28-37-33-21-13-12-20-32(29)33)24-15-27-40-41(35(2,3)4,30-16-8-6-9-17-30)31-18-10-7-11-19-31/h6-13,16-21,28,37H,5,14-15,22-27H2,1-4H3/t36-/m0/s1. The molecule has 41 heavy (non-hydrogen) atoms. The van der Waals surface area contributed by atoms with Gasteiger partial charge in [0.15, 0.2) is 0 Å². The summed E-state index contributed by atoms with van der Waals surface area (Å²) in [6.07, 6.45) is 7.69. The van der Waals surface area contributed by atoms with E-state index in [-0.39, 0.29) is 10.5 Å². The summed E-state index contributed by atoms with van der Waals surface area (Å²) < 4.78 is 7.16. The first kappa shape index (κ1) is 29.3. The number of carbonyl (C=O) groups is 1. The molecule has 2 heterocycles. The van der Waals surface area contributed by atoms with E-state index in [0.717, 1.165) is 57.1 Å². The smallest absolute Gasteiger partial charge is 0.261 e. The molecule has 1 N–H and O–H groups in total. The Balaban J connectivity index is 1.29. The molecule has 1 fully saturated rings. The monoisotopic (exact) mass is 566 g/mol. The molecule has 5 rings (SSSR count). The molecule has 3 aromatic carbocycles. The first-order valence-corrected chi connectivity index (χ1v) is 17.3. The van der Waals surface area contributed by atoms with Crippen molar-refractivity contribution in [1.82, 2.24) is 9.88 Å². The van der Waals surface area contributed by atoms with Crippen LogP contribution in [0.25, 0.3) is 10.9 Å². The number of para-hydroxylation sites is 1. The number of hydrogen-bond donors (Lipinski definition) is 1. The zero-order valence-electron chi connectivity index (χ0n) is 25.3. The zero-order chi connectivity index (χ0) is 28.9. The minimum Gasteiger partial charge on any atom is -0.407 e. The Hall–Kier alpha value is -3.15. The molecule has 1 aliphatic rings. The zero-order valence-corrected chi connectivity index (χ0v) is 26.3. The molecular weight excluding hydrogens is 520 g/mol. The van der Waals surface area contributed by atoms with E-state index in [1.165, 1.54) is 21.3 Å². The second-order valence-corrected chi connectivity index (χ2v) is 17.1. The van der Waals surface area contributed by atoms with Gasteiger partial charge in [-0.15, -0.1) is 0 Å². The van der Waals surface area contributed by atoms with Crippen molar-refractivity contribution in [3.8, 4) is 0 Å². The molecule has 1 atom stereocenters. The van der Waals surface area contributed by atoms with Crippen LogP contribution < -0.4 is 10.4 Å². The summed E-state index contributed by atoms with van der Waals surface area (Å²) in [6.45, 7) is 11.5. The van der Waals surface area contributed by atoms with Crippen LogP contribution in [0.4, 0.5) is 0 Å². The summed E-state index contributed by atoms with van der Waals surface area (Å²) >= 11 is 0. The van der Waals surface area contributed by atoms with Crippen molar-refractivity contribution in [2.24, 2.45) is 5.41 Å². The van der Waals surface area contributed by atoms with Crippen LogP contribution in [0.5, 0.6) is 0 Å². The minimum atomic E-state index is -2.57. The molecule has 0 bridgehead atoms. The van der Waals surface area contributed by atoms with E-state index in [0.29, 0.717) is 12.5 Å². The lowest BCUT2D eigenvalue weighted by atomic mass is 9.73. The Kier molecular flexibility index (Phi) is 8.86. The van der Waals surface area contributed by atoms with Gasteiger partial charge in [0, 0.05) is 42.2 Å².